The van der Waals surface area contributed by atoms with Gasteiger partial charge >= 0.3 is 11.9 Å². The van der Waals surface area contributed by atoms with Crippen molar-refractivity contribution in [2.45, 2.75) is 6.42 Å². The lowest BCUT2D eigenvalue weighted by Gasteiger charge is -2.05. The Morgan fingerprint density at radius 2 is 1.89 bits per heavy atom. The first-order valence-electron chi connectivity index (χ1n) is 5.36. The topological polar surface area (TPSA) is 104 Å². The standard InChI is InChI=1S/C12H11NO5/c14-10(8-5-9(8)12(17)18)13-7-3-1-2-6(4-7)11(15)16/h1-4,8-9H,5H2,(H,13,14)(H,15,16)(H,17,18). The van der Waals surface area contributed by atoms with E-state index < -0.39 is 23.8 Å². The predicted octanol–water partition coefficient (Wildman–Crippen LogP) is 1.04. The van der Waals surface area contributed by atoms with Gasteiger partial charge in [0, 0.05) is 5.69 Å². The van der Waals surface area contributed by atoms with E-state index in [0.29, 0.717) is 12.1 Å². The van der Waals surface area contributed by atoms with Gasteiger partial charge in [-0.1, -0.05) is 6.07 Å². The number of carbonyl (C=O) groups excluding carboxylic acids is 1. The minimum absolute atomic E-state index is 0.0679. The van der Waals surface area contributed by atoms with E-state index in [1.54, 1.807) is 6.07 Å². The van der Waals surface area contributed by atoms with Crippen LogP contribution in [0.4, 0.5) is 5.69 Å². The highest BCUT2D eigenvalue weighted by atomic mass is 16.4. The van der Waals surface area contributed by atoms with Gasteiger partial charge in [-0.3, -0.25) is 9.59 Å². The van der Waals surface area contributed by atoms with Gasteiger partial charge in [0.25, 0.3) is 0 Å². The fraction of sp³-hybridized carbons (Fsp3) is 0.250. The molecule has 2 atom stereocenters. The Morgan fingerprint density at radius 1 is 1.17 bits per heavy atom. The van der Waals surface area contributed by atoms with Crippen LogP contribution in [0.3, 0.4) is 0 Å². The van der Waals surface area contributed by atoms with Gasteiger partial charge in [-0.05, 0) is 24.6 Å². The van der Waals surface area contributed by atoms with Crippen molar-refractivity contribution in [3.63, 3.8) is 0 Å². The number of hydrogen-bond donors (Lipinski definition) is 3. The number of hydrogen-bond acceptors (Lipinski definition) is 3. The van der Waals surface area contributed by atoms with E-state index in [1.165, 1.54) is 18.2 Å². The third kappa shape index (κ3) is 2.48. The minimum Gasteiger partial charge on any atom is -0.481 e. The molecule has 0 heterocycles. The second kappa shape index (κ2) is 4.48. The molecular weight excluding hydrogens is 238 g/mol. The minimum atomic E-state index is -1.08. The number of rotatable bonds is 4. The molecule has 6 nitrogen and oxygen atoms in total. The van der Waals surface area contributed by atoms with Crippen LogP contribution in [-0.2, 0) is 9.59 Å². The summed E-state index contributed by atoms with van der Waals surface area (Å²) in [6.45, 7) is 0. The van der Waals surface area contributed by atoms with Gasteiger partial charge in [0.05, 0.1) is 17.4 Å². The van der Waals surface area contributed by atoms with Gasteiger partial charge in [0.15, 0.2) is 0 Å². The van der Waals surface area contributed by atoms with E-state index in [4.69, 9.17) is 10.2 Å². The summed E-state index contributed by atoms with van der Waals surface area (Å²) in [4.78, 5) is 33.0. The molecule has 1 saturated carbocycles. The first-order chi connectivity index (χ1) is 8.49. The first kappa shape index (κ1) is 12.1. The molecule has 2 rings (SSSR count). The molecule has 1 aliphatic carbocycles. The van der Waals surface area contributed by atoms with Crippen molar-refractivity contribution in [1.29, 1.82) is 0 Å². The van der Waals surface area contributed by atoms with Crippen LogP contribution >= 0.6 is 0 Å². The summed E-state index contributed by atoms with van der Waals surface area (Å²) in [5.74, 6) is -3.58. The summed E-state index contributed by atoms with van der Waals surface area (Å²) >= 11 is 0. The number of aliphatic carboxylic acids is 1. The quantitative estimate of drug-likeness (QED) is 0.739. The van der Waals surface area contributed by atoms with Gasteiger partial charge in [-0.15, -0.1) is 0 Å². The molecule has 0 aromatic heterocycles. The molecule has 0 saturated heterocycles. The van der Waals surface area contributed by atoms with E-state index in [0.717, 1.165) is 0 Å². The molecule has 1 aliphatic rings. The maximum atomic E-state index is 11.6. The first-order valence-corrected chi connectivity index (χ1v) is 5.36. The molecule has 0 bridgehead atoms. The monoisotopic (exact) mass is 249 g/mol. The van der Waals surface area contributed by atoms with Crippen LogP contribution in [0.15, 0.2) is 24.3 Å². The second-order valence-corrected chi connectivity index (χ2v) is 4.16. The molecule has 0 aliphatic heterocycles. The summed E-state index contributed by atoms with van der Waals surface area (Å²) in [6.07, 6.45) is 0.333. The summed E-state index contributed by atoms with van der Waals surface area (Å²) in [5, 5.41) is 20.0. The van der Waals surface area contributed by atoms with Crippen molar-refractivity contribution >= 4 is 23.5 Å². The summed E-state index contributed by atoms with van der Waals surface area (Å²) in [6, 6.07) is 5.82. The van der Waals surface area contributed by atoms with Crippen LogP contribution < -0.4 is 5.32 Å². The normalized spacial score (nSPS) is 21.1. The fourth-order valence-corrected chi connectivity index (χ4v) is 1.72. The van der Waals surface area contributed by atoms with Gasteiger partial charge in [-0.2, -0.15) is 0 Å². The number of nitrogens with one attached hydrogen (secondary N) is 1. The van der Waals surface area contributed by atoms with Gasteiger partial charge in [0.2, 0.25) is 5.91 Å². The third-order valence-corrected chi connectivity index (χ3v) is 2.82. The smallest absolute Gasteiger partial charge is 0.335 e. The highest BCUT2D eigenvalue weighted by Crippen LogP contribution is 2.39. The number of carbonyl (C=O) groups is 3. The molecule has 6 heteroatoms. The number of aromatic carboxylic acids is 1. The number of carboxylic acid groups (broad SMARTS) is 2. The second-order valence-electron chi connectivity index (χ2n) is 4.16. The lowest BCUT2D eigenvalue weighted by atomic mass is 10.2. The Hall–Kier alpha value is -2.37. The molecule has 1 fully saturated rings. The molecule has 1 aromatic rings. The van der Waals surface area contributed by atoms with Crippen molar-refractivity contribution < 1.29 is 24.6 Å². The highest BCUT2D eigenvalue weighted by molar-refractivity contribution is 5.99. The lowest BCUT2D eigenvalue weighted by Crippen LogP contribution is -2.17. The molecule has 0 radical (unpaired) electrons. The number of carboxylic acids is 2. The van der Waals surface area contributed by atoms with Crippen LogP contribution in [0.5, 0.6) is 0 Å². The van der Waals surface area contributed by atoms with Crippen molar-refractivity contribution in [2.75, 3.05) is 5.32 Å². The molecule has 1 aromatic carbocycles. The molecule has 94 valence electrons. The summed E-state index contributed by atoms with van der Waals surface area (Å²) in [5.41, 5.74) is 0.425. The molecule has 0 spiro atoms. The van der Waals surface area contributed by atoms with E-state index in [2.05, 4.69) is 5.32 Å². The Labute approximate surface area is 102 Å². The van der Waals surface area contributed by atoms with Gasteiger partial charge in [-0.25, -0.2) is 4.79 Å². The molecular formula is C12H11NO5. The molecule has 2 unspecified atom stereocenters. The van der Waals surface area contributed by atoms with E-state index >= 15 is 0 Å². The van der Waals surface area contributed by atoms with Crippen molar-refractivity contribution in [2.24, 2.45) is 11.8 Å². The number of amides is 1. The molecule has 3 N–H and O–H groups in total. The lowest BCUT2D eigenvalue weighted by molar-refractivity contribution is -0.139. The van der Waals surface area contributed by atoms with Crippen LogP contribution in [0.1, 0.15) is 16.8 Å². The Bertz CT molecular complexity index is 525. The zero-order chi connectivity index (χ0) is 13.3. The fourth-order valence-electron chi connectivity index (χ4n) is 1.72. The van der Waals surface area contributed by atoms with Crippen LogP contribution in [0.25, 0.3) is 0 Å². The van der Waals surface area contributed by atoms with Crippen molar-refractivity contribution in [3.8, 4) is 0 Å². The van der Waals surface area contributed by atoms with E-state index in [1.807, 2.05) is 0 Å². The molecule has 1 amide bonds. The van der Waals surface area contributed by atoms with E-state index in [9.17, 15) is 14.4 Å². The SMILES string of the molecule is O=C(O)c1cccc(NC(=O)C2CC2C(=O)O)c1. The average Bonchev–Trinajstić information content (AvgIpc) is 3.09. The van der Waals surface area contributed by atoms with Crippen LogP contribution in [-0.4, -0.2) is 28.1 Å². The molecule has 18 heavy (non-hydrogen) atoms. The summed E-state index contributed by atoms with van der Waals surface area (Å²) in [7, 11) is 0. The number of benzene rings is 1. The Kier molecular flexibility index (Phi) is 3.01. The predicted molar refractivity (Wildman–Crippen MR) is 61.3 cm³/mol. The largest absolute Gasteiger partial charge is 0.481 e. The van der Waals surface area contributed by atoms with Crippen molar-refractivity contribution in [3.05, 3.63) is 29.8 Å². The van der Waals surface area contributed by atoms with Crippen LogP contribution in [0, 0.1) is 11.8 Å². The Balaban J connectivity index is 2.02. The Morgan fingerprint density at radius 3 is 2.44 bits per heavy atom. The van der Waals surface area contributed by atoms with Crippen LogP contribution in [0.2, 0.25) is 0 Å². The maximum absolute atomic E-state index is 11.6. The van der Waals surface area contributed by atoms with Gasteiger partial charge < -0.3 is 15.5 Å². The zero-order valence-corrected chi connectivity index (χ0v) is 9.29. The maximum Gasteiger partial charge on any atom is 0.335 e. The number of anilines is 1. The van der Waals surface area contributed by atoms with Crippen molar-refractivity contribution in [1.82, 2.24) is 0 Å². The van der Waals surface area contributed by atoms with E-state index in [-0.39, 0.29) is 11.5 Å². The third-order valence-electron chi connectivity index (χ3n) is 2.82. The average molecular weight is 249 g/mol. The van der Waals surface area contributed by atoms with Gasteiger partial charge in [0.1, 0.15) is 0 Å². The highest BCUT2D eigenvalue weighted by Gasteiger charge is 2.48. The summed E-state index contributed by atoms with van der Waals surface area (Å²) < 4.78 is 0. The zero-order valence-electron chi connectivity index (χ0n) is 9.29.